The van der Waals surface area contributed by atoms with Gasteiger partial charge in [-0.15, -0.1) is 0 Å². The zero-order valence-corrected chi connectivity index (χ0v) is 10.7. The SMILES string of the molecule is COc1ccc(C(C)C)cc1-c1ccsc1. The third kappa shape index (κ3) is 2.12. The largest absolute Gasteiger partial charge is 0.496 e. The van der Waals surface area contributed by atoms with Crippen LogP contribution < -0.4 is 4.74 Å². The fourth-order valence-electron chi connectivity index (χ4n) is 1.73. The predicted octanol–water partition coefficient (Wildman–Crippen LogP) is 4.55. The minimum atomic E-state index is 0.545. The molecule has 0 atom stereocenters. The molecule has 0 amide bonds. The summed E-state index contributed by atoms with van der Waals surface area (Å²) in [5.74, 6) is 1.49. The van der Waals surface area contributed by atoms with E-state index in [-0.39, 0.29) is 0 Å². The van der Waals surface area contributed by atoms with Crippen molar-refractivity contribution in [3.05, 3.63) is 40.6 Å². The highest BCUT2D eigenvalue weighted by Gasteiger charge is 2.08. The maximum absolute atomic E-state index is 5.41. The van der Waals surface area contributed by atoms with Crippen molar-refractivity contribution in [1.29, 1.82) is 0 Å². The molecule has 0 spiro atoms. The quantitative estimate of drug-likeness (QED) is 0.754. The third-order valence-electron chi connectivity index (χ3n) is 2.72. The molecule has 16 heavy (non-hydrogen) atoms. The summed E-state index contributed by atoms with van der Waals surface area (Å²) >= 11 is 1.71. The summed E-state index contributed by atoms with van der Waals surface area (Å²) in [7, 11) is 1.72. The molecule has 1 heterocycles. The fourth-order valence-corrected chi connectivity index (χ4v) is 2.38. The minimum Gasteiger partial charge on any atom is -0.496 e. The Balaban J connectivity index is 2.52. The van der Waals surface area contributed by atoms with E-state index in [0.717, 1.165) is 5.75 Å². The standard InChI is InChI=1S/C14H16OS/c1-10(2)11-4-5-14(15-3)13(8-11)12-6-7-16-9-12/h4-10H,1-3H3. The van der Waals surface area contributed by atoms with Gasteiger partial charge in [0.05, 0.1) is 7.11 Å². The van der Waals surface area contributed by atoms with Crippen LogP contribution >= 0.6 is 11.3 Å². The number of hydrogen-bond acceptors (Lipinski definition) is 2. The van der Waals surface area contributed by atoms with Crippen LogP contribution in [0.1, 0.15) is 25.3 Å². The summed E-state index contributed by atoms with van der Waals surface area (Å²) in [6.07, 6.45) is 0. The third-order valence-corrected chi connectivity index (χ3v) is 3.41. The van der Waals surface area contributed by atoms with Crippen LogP contribution in [0.4, 0.5) is 0 Å². The Morgan fingerprint density at radius 3 is 2.56 bits per heavy atom. The van der Waals surface area contributed by atoms with Gasteiger partial charge in [0.25, 0.3) is 0 Å². The second-order valence-electron chi connectivity index (χ2n) is 4.13. The highest BCUT2D eigenvalue weighted by molar-refractivity contribution is 7.08. The molecule has 0 radical (unpaired) electrons. The van der Waals surface area contributed by atoms with E-state index in [0.29, 0.717) is 5.92 Å². The lowest BCUT2D eigenvalue weighted by atomic mass is 9.98. The number of thiophene rings is 1. The molecule has 0 unspecified atom stereocenters. The van der Waals surface area contributed by atoms with Crippen molar-refractivity contribution in [1.82, 2.24) is 0 Å². The number of hydrogen-bond donors (Lipinski definition) is 0. The summed E-state index contributed by atoms with van der Waals surface area (Å²) in [4.78, 5) is 0. The van der Waals surface area contributed by atoms with Crippen LogP contribution in [0.5, 0.6) is 5.75 Å². The molecule has 1 aromatic heterocycles. The lowest BCUT2D eigenvalue weighted by Gasteiger charge is -2.11. The molecule has 0 saturated carbocycles. The van der Waals surface area contributed by atoms with Gasteiger partial charge in [-0.1, -0.05) is 19.9 Å². The average Bonchev–Trinajstić information content (AvgIpc) is 2.81. The molecule has 0 bridgehead atoms. The van der Waals surface area contributed by atoms with Gasteiger partial charge in [-0.05, 0) is 46.0 Å². The fraction of sp³-hybridized carbons (Fsp3) is 0.286. The molecule has 2 aromatic rings. The number of benzene rings is 1. The summed E-state index contributed by atoms with van der Waals surface area (Å²) in [5, 5.41) is 4.25. The van der Waals surface area contributed by atoms with E-state index >= 15 is 0 Å². The van der Waals surface area contributed by atoms with Crippen LogP contribution in [-0.2, 0) is 0 Å². The van der Waals surface area contributed by atoms with Crippen molar-refractivity contribution in [2.75, 3.05) is 7.11 Å². The van der Waals surface area contributed by atoms with Gasteiger partial charge >= 0.3 is 0 Å². The summed E-state index contributed by atoms with van der Waals surface area (Å²) < 4.78 is 5.41. The topological polar surface area (TPSA) is 9.23 Å². The molecule has 2 heteroatoms. The van der Waals surface area contributed by atoms with Gasteiger partial charge < -0.3 is 4.74 Å². The van der Waals surface area contributed by atoms with Crippen molar-refractivity contribution >= 4 is 11.3 Å². The van der Waals surface area contributed by atoms with Crippen molar-refractivity contribution in [2.24, 2.45) is 0 Å². The molecule has 2 rings (SSSR count). The minimum absolute atomic E-state index is 0.545. The molecule has 0 aliphatic heterocycles. The molecule has 1 aromatic carbocycles. The van der Waals surface area contributed by atoms with Gasteiger partial charge in [0.1, 0.15) is 5.75 Å². The molecule has 0 aliphatic carbocycles. The van der Waals surface area contributed by atoms with Gasteiger partial charge in [0.15, 0.2) is 0 Å². The predicted molar refractivity (Wildman–Crippen MR) is 70.4 cm³/mol. The van der Waals surface area contributed by atoms with Crippen LogP contribution in [0.3, 0.4) is 0 Å². The van der Waals surface area contributed by atoms with E-state index in [1.165, 1.54) is 16.7 Å². The first-order valence-electron chi connectivity index (χ1n) is 5.43. The van der Waals surface area contributed by atoms with Crippen LogP contribution in [0.15, 0.2) is 35.0 Å². The van der Waals surface area contributed by atoms with E-state index in [2.05, 4.69) is 48.9 Å². The normalized spacial score (nSPS) is 10.8. The highest BCUT2D eigenvalue weighted by atomic mass is 32.1. The first-order chi connectivity index (χ1) is 7.72. The number of rotatable bonds is 3. The van der Waals surface area contributed by atoms with Crippen molar-refractivity contribution in [3.63, 3.8) is 0 Å². The van der Waals surface area contributed by atoms with E-state index in [9.17, 15) is 0 Å². The molecule has 0 fully saturated rings. The van der Waals surface area contributed by atoms with Crippen LogP contribution in [0.25, 0.3) is 11.1 Å². The monoisotopic (exact) mass is 232 g/mol. The number of methoxy groups -OCH3 is 1. The smallest absolute Gasteiger partial charge is 0.126 e. The van der Waals surface area contributed by atoms with Gasteiger partial charge in [0.2, 0.25) is 0 Å². The van der Waals surface area contributed by atoms with Crippen LogP contribution in [0.2, 0.25) is 0 Å². The number of ether oxygens (including phenoxy) is 1. The van der Waals surface area contributed by atoms with Gasteiger partial charge in [-0.2, -0.15) is 11.3 Å². The average molecular weight is 232 g/mol. The molecular formula is C14H16OS. The molecule has 84 valence electrons. The molecule has 0 aliphatic rings. The zero-order valence-electron chi connectivity index (χ0n) is 9.86. The van der Waals surface area contributed by atoms with Gasteiger partial charge in [0, 0.05) is 5.56 Å². The van der Waals surface area contributed by atoms with Crippen LogP contribution in [0, 0.1) is 0 Å². The zero-order chi connectivity index (χ0) is 11.5. The Bertz CT molecular complexity index is 458. The summed E-state index contributed by atoms with van der Waals surface area (Å²) in [6.45, 7) is 4.42. The highest BCUT2D eigenvalue weighted by Crippen LogP contribution is 2.33. The van der Waals surface area contributed by atoms with Gasteiger partial charge in [-0.3, -0.25) is 0 Å². The van der Waals surface area contributed by atoms with E-state index < -0.39 is 0 Å². The van der Waals surface area contributed by atoms with Crippen molar-refractivity contribution in [3.8, 4) is 16.9 Å². The molecular weight excluding hydrogens is 216 g/mol. The summed E-state index contributed by atoms with van der Waals surface area (Å²) in [5.41, 5.74) is 3.78. The van der Waals surface area contributed by atoms with Crippen molar-refractivity contribution in [2.45, 2.75) is 19.8 Å². The Kier molecular flexibility index (Phi) is 3.30. The maximum atomic E-state index is 5.41. The second kappa shape index (κ2) is 4.71. The Hall–Kier alpha value is -1.28. The Labute approximate surface area is 101 Å². The van der Waals surface area contributed by atoms with Crippen LogP contribution in [-0.4, -0.2) is 7.11 Å². The molecule has 0 N–H and O–H groups in total. The van der Waals surface area contributed by atoms with E-state index in [1.54, 1.807) is 18.4 Å². The molecule has 1 nitrogen and oxygen atoms in total. The lowest BCUT2D eigenvalue weighted by molar-refractivity contribution is 0.416. The first kappa shape index (κ1) is 11.2. The Morgan fingerprint density at radius 1 is 1.19 bits per heavy atom. The maximum Gasteiger partial charge on any atom is 0.126 e. The van der Waals surface area contributed by atoms with E-state index in [4.69, 9.17) is 4.74 Å². The van der Waals surface area contributed by atoms with Gasteiger partial charge in [-0.25, -0.2) is 0 Å². The Morgan fingerprint density at radius 2 is 2.00 bits per heavy atom. The molecule has 0 saturated heterocycles. The van der Waals surface area contributed by atoms with E-state index in [1.807, 2.05) is 0 Å². The summed E-state index contributed by atoms with van der Waals surface area (Å²) in [6, 6.07) is 8.56. The lowest BCUT2D eigenvalue weighted by Crippen LogP contribution is -1.92. The first-order valence-corrected chi connectivity index (χ1v) is 6.37. The van der Waals surface area contributed by atoms with Crippen molar-refractivity contribution < 1.29 is 4.74 Å². The second-order valence-corrected chi connectivity index (χ2v) is 4.91.